The highest BCUT2D eigenvalue weighted by Crippen LogP contribution is 2.30. The highest BCUT2D eigenvalue weighted by atomic mass is 16.5. The summed E-state index contributed by atoms with van der Waals surface area (Å²) in [6.07, 6.45) is 6.43. The summed E-state index contributed by atoms with van der Waals surface area (Å²) in [5.41, 5.74) is 9.89. The molecule has 3 rings (SSSR count). The fraction of sp³-hybridized carbons (Fsp3) is 0.412. The molecular formula is C17H22N2O. The third-order valence-corrected chi connectivity index (χ3v) is 4.01. The standard InChI is InChI=1S/C17H22N2O/c1-3-16(18)13-6-7-19(10-13)11-15-9-14-8-12(2)4-5-17(14)20-15/h4-8,10,15-16H,3,9,11,18H2,1-2H3. The van der Waals surface area contributed by atoms with E-state index in [0.717, 1.165) is 25.1 Å². The summed E-state index contributed by atoms with van der Waals surface area (Å²) in [7, 11) is 0. The van der Waals surface area contributed by atoms with E-state index in [-0.39, 0.29) is 12.1 Å². The van der Waals surface area contributed by atoms with Gasteiger partial charge in [-0.25, -0.2) is 0 Å². The minimum Gasteiger partial charge on any atom is -0.488 e. The number of benzene rings is 1. The Morgan fingerprint density at radius 2 is 2.25 bits per heavy atom. The molecule has 0 aliphatic carbocycles. The van der Waals surface area contributed by atoms with Crippen molar-refractivity contribution in [3.63, 3.8) is 0 Å². The number of hydrogen-bond acceptors (Lipinski definition) is 2. The smallest absolute Gasteiger partial charge is 0.123 e. The summed E-state index contributed by atoms with van der Waals surface area (Å²) in [6, 6.07) is 8.67. The zero-order chi connectivity index (χ0) is 14.1. The molecule has 0 amide bonds. The van der Waals surface area contributed by atoms with Gasteiger partial charge in [-0.1, -0.05) is 24.6 Å². The van der Waals surface area contributed by atoms with Gasteiger partial charge < -0.3 is 15.0 Å². The Morgan fingerprint density at radius 3 is 3.05 bits per heavy atom. The molecule has 3 nitrogen and oxygen atoms in total. The van der Waals surface area contributed by atoms with Gasteiger partial charge in [0, 0.05) is 24.9 Å². The maximum absolute atomic E-state index is 6.06. The van der Waals surface area contributed by atoms with Crippen LogP contribution in [0, 0.1) is 6.92 Å². The largest absolute Gasteiger partial charge is 0.488 e. The summed E-state index contributed by atoms with van der Waals surface area (Å²) in [6.45, 7) is 5.11. The van der Waals surface area contributed by atoms with Gasteiger partial charge in [-0.3, -0.25) is 0 Å². The summed E-state index contributed by atoms with van der Waals surface area (Å²) < 4.78 is 8.20. The van der Waals surface area contributed by atoms with E-state index in [1.165, 1.54) is 16.7 Å². The number of aromatic nitrogens is 1. The molecule has 20 heavy (non-hydrogen) atoms. The average Bonchev–Trinajstić information content (AvgIpc) is 3.04. The monoisotopic (exact) mass is 270 g/mol. The molecule has 0 saturated heterocycles. The number of fused-ring (bicyclic) bond motifs is 1. The maximum Gasteiger partial charge on any atom is 0.123 e. The van der Waals surface area contributed by atoms with Crippen molar-refractivity contribution in [1.29, 1.82) is 0 Å². The van der Waals surface area contributed by atoms with Crippen LogP contribution in [0.2, 0.25) is 0 Å². The van der Waals surface area contributed by atoms with E-state index in [4.69, 9.17) is 10.5 Å². The minimum absolute atomic E-state index is 0.139. The highest BCUT2D eigenvalue weighted by molar-refractivity contribution is 5.40. The van der Waals surface area contributed by atoms with Crippen molar-refractivity contribution in [2.45, 2.75) is 45.4 Å². The van der Waals surface area contributed by atoms with Crippen molar-refractivity contribution >= 4 is 0 Å². The van der Waals surface area contributed by atoms with Gasteiger partial charge in [0.15, 0.2) is 0 Å². The molecule has 1 aliphatic heterocycles. The van der Waals surface area contributed by atoms with Crippen LogP contribution >= 0.6 is 0 Å². The second-order valence-electron chi connectivity index (χ2n) is 5.71. The molecule has 1 aromatic heterocycles. The number of aryl methyl sites for hydroxylation is 1. The van der Waals surface area contributed by atoms with Gasteiger partial charge in [-0.2, -0.15) is 0 Å². The normalized spacial score (nSPS) is 18.6. The van der Waals surface area contributed by atoms with E-state index in [0.29, 0.717) is 0 Å². The topological polar surface area (TPSA) is 40.2 Å². The lowest BCUT2D eigenvalue weighted by Crippen LogP contribution is -2.20. The molecule has 2 aromatic rings. The number of ether oxygens (including phenoxy) is 1. The van der Waals surface area contributed by atoms with Gasteiger partial charge in [-0.05, 0) is 36.6 Å². The van der Waals surface area contributed by atoms with Crippen LogP contribution in [-0.2, 0) is 13.0 Å². The molecule has 3 heteroatoms. The molecule has 2 heterocycles. The quantitative estimate of drug-likeness (QED) is 0.926. The Balaban J connectivity index is 1.67. The van der Waals surface area contributed by atoms with Crippen LogP contribution in [0.5, 0.6) is 5.75 Å². The van der Waals surface area contributed by atoms with Gasteiger partial charge >= 0.3 is 0 Å². The number of rotatable bonds is 4. The van der Waals surface area contributed by atoms with Crippen LogP contribution in [0.4, 0.5) is 0 Å². The van der Waals surface area contributed by atoms with Crippen molar-refractivity contribution in [2.75, 3.05) is 0 Å². The van der Waals surface area contributed by atoms with Gasteiger partial charge in [0.25, 0.3) is 0 Å². The first-order valence-corrected chi connectivity index (χ1v) is 7.33. The highest BCUT2D eigenvalue weighted by Gasteiger charge is 2.23. The van der Waals surface area contributed by atoms with E-state index < -0.39 is 0 Å². The second kappa shape index (κ2) is 5.33. The van der Waals surface area contributed by atoms with Gasteiger partial charge in [0.05, 0.1) is 6.54 Å². The summed E-state index contributed by atoms with van der Waals surface area (Å²) in [4.78, 5) is 0. The van der Waals surface area contributed by atoms with Crippen LogP contribution in [0.1, 0.15) is 36.1 Å². The van der Waals surface area contributed by atoms with E-state index >= 15 is 0 Å². The van der Waals surface area contributed by atoms with Crippen molar-refractivity contribution in [1.82, 2.24) is 4.57 Å². The van der Waals surface area contributed by atoms with Gasteiger partial charge in [0.1, 0.15) is 11.9 Å². The molecule has 2 N–H and O–H groups in total. The summed E-state index contributed by atoms with van der Waals surface area (Å²) >= 11 is 0. The Morgan fingerprint density at radius 1 is 1.40 bits per heavy atom. The first-order chi connectivity index (χ1) is 9.65. The molecule has 2 atom stereocenters. The van der Waals surface area contributed by atoms with Crippen LogP contribution in [0.3, 0.4) is 0 Å². The lowest BCUT2D eigenvalue weighted by molar-refractivity contribution is 0.209. The van der Waals surface area contributed by atoms with E-state index in [9.17, 15) is 0 Å². The summed E-state index contributed by atoms with van der Waals surface area (Å²) in [5.74, 6) is 1.04. The van der Waals surface area contributed by atoms with E-state index in [1.54, 1.807) is 0 Å². The van der Waals surface area contributed by atoms with Crippen molar-refractivity contribution in [3.8, 4) is 5.75 Å². The SMILES string of the molecule is CCC(N)c1ccn(CC2Cc3cc(C)ccc3O2)c1. The van der Waals surface area contributed by atoms with Crippen molar-refractivity contribution in [3.05, 3.63) is 53.3 Å². The number of nitrogens with zero attached hydrogens (tertiary/aromatic N) is 1. The fourth-order valence-corrected chi connectivity index (χ4v) is 2.81. The third-order valence-electron chi connectivity index (χ3n) is 4.01. The van der Waals surface area contributed by atoms with Gasteiger partial charge in [0.2, 0.25) is 0 Å². The fourth-order valence-electron chi connectivity index (χ4n) is 2.81. The Kier molecular flexibility index (Phi) is 3.53. The first-order valence-electron chi connectivity index (χ1n) is 7.33. The Hall–Kier alpha value is -1.74. The Labute approximate surface area is 120 Å². The molecule has 0 spiro atoms. The van der Waals surface area contributed by atoms with Gasteiger partial charge in [-0.15, -0.1) is 0 Å². The average molecular weight is 270 g/mol. The zero-order valence-corrected chi connectivity index (χ0v) is 12.2. The molecule has 0 radical (unpaired) electrons. The molecule has 0 saturated carbocycles. The zero-order valence-electron chi connectivity index (χ0n) is 12.2. The van der Waals surface area contributed by atoms with E-state index in [2.05, 4.69) is 55.1 Å². The predicted molar refractivity (Wildman–Crippen MR) is 81.0 cm³/mol. The third kappa shape index (κ3) is 2.59. The van der Waals surface area contributed by atoms with Crippen LogP contribution in [-0.4, -0.2) is 10.7 Å². The van der Waals surface area contributed by atoms with Crippen molar-refractivity contribution in [2.24, 2.45) is 5.73 Å². The van der Waals surface area contributed by atoms with E-state index in [1.807, 2.05) is 0 Å². The Bertz CT molecular complexity index is 603. The molecule has 2 unspecified atom stereocenters. The van der Waals surface area contributed by atoms with Crippen LogP contribution in [0.25, 0.3) is 0 Å². The molecule has 0 fully saturated rings. The predicted octanol–water partition coefficient (Wildman–Crippen LogP) is 3.21. The molecule has 1 aliphatic rings. The summed E-state index contributed by atoms with van der Waals surface area (Å²) in [5, 5.41) is 0. The first kappa shape index (κ1) is 13.3. The van der Waals surface area contributed by atoms with Crippen LogP contribution in [0.15, 0.2) is 36.7 Å². The molecule has 106 valence electrons. The minimum atomic E-state index is 0.139. The lowest BCUT2D eigenvalue weighted by atomic mass is 10.1. The number of hydrogen-bond donors (Lipinski definition) is 1. The molecular weight excluding hydrogens is 248 g/mol. The van der Waals surface area contributed by atoms with Crippen molar-refractivity contribution < 1.29 is 4.74 Å². The molecule has 0 bridgehead atoms. The molecule has 1 aromatic carbocycles. The maximum atomic E-state index is 6.06. The second-order valence-corrected chi connectivity index (χ2v) is 5.71. The van der Waals surface area contributed by atoms with Crippen LogP contribution < -0.4 is 10.5 Å². The lowest BCUT2D eigenvalue weighted by Gasteiger charge is -2.12. The number of nitrogens with two attached hydrogens (primary N) is 1.